The fourth-order valence-corrected chi connectivity index (χ4v) is 5.60. The molecule has 1 aromatic heterocycles. The van der Waals surface area contributed by atoms with Gasteiger partial charge in [0, 0.05) is 22.1 Å². The zero-order valence-electron chi connectivity index (χ0n) is 47.5. The average molecular weight is 637 g/mol. The van der Waals surface area contributed by atoms with Crippen molar-refractivity contribution >= 4 is 49.8 Å². The summed E-state index contributed by atoms with van der Waals surface area (Å²) in [6.07, 6.45) is 0. The quantitative estimate of drug-likeness (QED) is 0.181. The lowest BCUT2D eigenvalue weighted by Gasteiger charge is -2.26. The van der Waals surface area contributed by atoms with Gasteiger partial charge in [-0.15, -0.1) is 0 Å². The molecule has 9 aromatic rings. The van der Waals surface area contributed by atoms with Crippen molar-refractivity contribution in [1.82, 2.24) is 0 Å². The van der Waals surface area contributed by atoms with Gasteiger partial charge in [-0.05, 0) is 81.1 Å². The molecule has 0 spiro atoms. The highest BCUT2D eigenvalue weighted by Gasteiger charge is 2.21. The van der Waals surface area contributed by atoms with Gasteiger partial charge in [0.05, 0.1) is 42.6 Å². The molecule has 0 saturated heterocycles. The number of para-hydroxylation sites is 1. The molecule has 0 N–H and O–H groups in total. The second kappa shape index (κ2) is 11.8. The molecule has 9 rings (SSSR count). The van der Waals surface area contributed by atoms with Crippen molar-refractivity contribution in [3.05, 3.63) is 188 Å². The smallest absolute Gasteiger partial charge is 0.143 e. The molecule has 0 amide bonds. The predicted octanol–water partition coefficient (Wildman–Crippen LogP) is 13.2. The Balaban J connectivity index is 1.41. The Bertz CT molecular complexity index is 3740. The number of benzene rings is 8. The lowest BCUT2D eigenvalue weighted by molar-refractivity contribution is 0.672. The van der Waals surface area contributed by atoms with E-state index >= 15 is 0 Å². The van der Waals surface area contributed by atoms with Crippen molar-refractivity contribution in [2.75, 3.05) is 4.90 Å². The van der Waals surface area contributed by atoms with Crippen molar-refractivity contribution in [3.8, 4) is 33.4 Å². The molecule has 0 aliphatic carbocycles. The van der Waals surface area contributed by atoms with E-state index in [1.807, 2.05) is 0 Å². The number of hydrogen-bond acceptors (Lipinski definition) is 2. The van der Waals surface area contributed by atoms with Crippen LogP contribution in [0.5, 0.6) is 0 Å². The molecule has 1 heterocycles. The van der Waals surface area contributed by atoms with Crippen LogP contribution in [0.2, 0.25) is 0 Å². The van der Waals surface area contributed by atoms with Gasteiger partial charge in [-0.3, -0.25) is 0 Å². The first kappa shape index (κ1) is 13.0. The summed E-state index contributed by atoms with van der Waals surface area (Å²) in [6, 6.07) is -6.07. The highest BCUT2D eigenvalue weighted by molar-refractivity contribution is 6.22. The molecule has 8 aromatic carbocycles. The molecule has 0 bridgehead atoms. The first-order chi connectivity index (χ1) is 33.4. The second-order valence-corrected chi connectivity index (χ2v) is 10.4. The molecule has 0 radical (unpaired) electrons. The highest BCUT2D eigenvalue weighted by atomic mass is 16.3. The molecular formula is C46H31NO. The number of anilines is 3. The minimum absolute atomic E-state index is 0.0545. The number of furan rings is 1. The molecular weight excluding hydrogens is 583 g/mol. The van der Waals surface area contributed by atoms with Crippen LogP contribution in [-0.4, -0.2) is 0 Å². The largest absolute Gasteiger partial charge is 0.455 e. The molecule has 2 nitrogen and oxygen atoms in total. The maximum absolute atomic E-state index is 9.46. The first-order valence-electron chi connectivity index (χ1n) is 26.0. The summed E-state index contributed by atoms with van der Waals surface area (Å²) in [4.78, 5) is 0.920. The average Bonchev–Trinajstić information content (AvgIpc) is 3.74. The third kappa shape index (κ3) is 4.83. The lowest BCUT2D eigenvalue weighted by atomic mass is 9.93. The zero-order chi connectivity index (χ0) is 51.9. The molecule has 0 aliphatic heterocycles. The van der Waals surface area contributed by atoms with E-state index in [9.17, 15) is 8.22 Å². The molecule has 2 heteroatoms. The number of rotatable bonds is 6. The number of nitrogens with zero attached hydrogens (tertiary/aromatic N) is 1. The van der Waals surface area contributed by atoms with Gasteiger partial charge in [-0.2, -0.15) is 0 Å². The summed E-state index contributed by atoms with van der Waals surface area (Å²) in [5, 5.41) is 0.871. The van der Waals surface area contributed by atoms with E-state index in [1.54, 1.807) is 24.3 Å². The maximum Gasteiger partial charge on any atom is 0.143 e. The SMILES string of the molecule is [2H]c1c([2H])c([2H])c(-c2c([2H])c([2H])c(-c3cc4c(oc5cccc(N(c6c([2H])c([2H])c([2H])c([2H])c6[2H])c6c([2H])c([2H])c(-c7c([2H])c([2H])c([2H])c([2H])c7[2H])c([2H])c6[2H])c54)c4ccccc34)c([2H])c2[2H])c([2H])c1[2H]. The summed E-state index contributed by atoms with van der Waals surface area (Å²) < 4.78 is 208. The Kier molecular flexibility index (Phi) is 3.19. The van der Waals surface area contributed by atoms with Crippen LogP contribution in [0.15, 0.2) is 192 Å². The van der Waals surface area contributed by atoms with Gasteiger partial charge in [0.1, 0.15) is 11.2 Å². The molecule has 0 unspecified atom stereocenters. The zero-order valence-corrected chi connectivity index (χ0v) is 24.5. The van der Waals surface area contributed by atoms with E-state index in [4.69, 9.17) is 27.7 Å². The van der Waals surface area contributed by atoms with Crippen LogP contribution in [0.4, 0.5) is 17.1 Å². The first-order valence-corrected chi connectivity index (χ1v) is 14.5. The van der Waals surface area contributed by atoms with E-state index in [0.717, 1.165) is 4.90 Å². The summed E-state index contributed by atoms with van der Waals surface area (Å²) >= 11 is 0. The topological polar surface area (TPSA) is 16.4 Å². The van der Waals surface area contributed by atoms with Crippen LogP contribution in [-0.2, 0) is 0 Å². The van der Waals surface area contributed by atoms with Crippen molar-refractivity contribution < 1.29 is 35.9 Å². The van der Waals surface area contributed by atoms with Crippen LogP contribution in [0.3, 0.4) is 0 Å². The standard InChI is InChI=1S/C46H31NO/c1-4-13-32(14-5-1)34-23-25-36(26-24-34)41-31-42-45-43(21-12-22-44(45)48-46(42)40-20-11-10-19-39(40)41)47(37-17-8-3-9-18-37)38-29-27-35(28-30-38)33-15-6-2-7-16-33/h1-31H/i1D,2D,3D,4D,5D,6D,7D,8D,9D,13D,14D,15D,16D,17D,18D,23D,24D,25D,26D,27D,28D,29D,30D. The van der Waals surface area contributed by atoms with Gasteiger partial charge in [0.2, 0.25) is 0 Å². The Morgan fingerprint density at radius 1 is 0.438 bits per heavy atom. The van der Waals surface area contributed by atoms with Gasteiger partial charge in [-0.25, -0.2) is 0 Å². The summed E-state index contributed by atoms with van der Waals surface area (Å²) in [6.45, 7) is 0. The van der Waals surface area contributed by atoms with Gasteiger partial charge in [-0.1, -0.05) is 145 Å². The minimum Gasteiger partial charge on any atom is -0.455 e. The van der Waals surface area contributed by atoms with Gasteiger partial charge in [0.15, 0.2) is 0 Å². The predicted molar refractivity (Wildman–Crippen MR) is 202 cm³/mol. The van der Waals surface area contributed by atoms with E-state index in [-0.39, 0.29) is 38.8 Å². The van der Waals surface area contributed by atoms with Crippen molar-refractivity contribution in [1.29, 1.82) is 0 Å². The number of fused-ring (bicyclic) bond motifs is 5. The fourth-order valence-electron chi connectivity index (χ4n) is 5.60. The Hall–Kier alpha value is -6.38. The summed E-state index contributed by atoms with van der Waals surface area (Å²) in [5.74, 6) is 0. The molecule has 0 saturated carbocycles. The van der Waals surface area contributed by atoms with Crippen molar-refractivity contribution in [3.63, 3.8) is 0 Å². The van der Waals surface area contributed by atoms with E-state index in [2.05, 4.69) is 0 Å². The Morgan fingerprint density at radius 2 is 0.958 bits per heavy atom. The molecule has 0 atom stereocenters. The van der Waals surface area contributed by atoms with E-state index in [1.165, 1.54) is 24.3 Å². The summed E-state index contributed by atoms with van der Waals surface area (Å²) in [7, 11) is 0. The monoisotopic (exact) mass is 636 g/mol. The van der Waals surface area contributed by atoms with E-state index in [0.29, 0.717) is 10.8 Å². The van der Waals surface area contributed by atoms with Crippen LogP contribution in [0.25, 0.3) is 66.1 Å². The fraction of sp³-hybridized carbons (Fsp3) is 0. The molecule has 0 fully saturated rings. The third-order valence-corrected chi connectivity index (χ3v) is 7.66. The third-order valence-electron chi connectivity index (χ3n) is 7.66. The number of hydrogen-bond donors (Lipinski definition) is 0. The van der Waals surface area contributed by atoms with Crippen LogP contribution >= 0.6 is 0 Å². The normalized spacial score (nSPS) is 18.0. The molecule has 0 aliphatic rings. The van der Waals surface area contributed by atoms with Gasteiger partial charge < -0.3 is 9.32 Å². The van der Waals surface area contributed by atoms with Gasteiger partial charge >= 0.3 is 0 Å². The summed E-state index contributed by atoms with van der Waals surface area (Å²) in [5.41, 5.74) is -3.94. The molecule has 48 heavy (non-hydrogen) atoms. The Labute approximate surface area is 312 Å². The van der Waals surface area contributed by atoms with Crippen LogP contribution < -0.4 is 4.90 Å². The van der Waals surface area contributed by atoms with Crippen LogP contribution in [0.1, 0.15) is 31.5 Å². The highest BCUT2D eigenvalue weighted by Crippen LogP contribution is 2.46. The maximum atomic E-state index is 9.46. The van der Waals surface area contributed by atoms with Crippen LogP contribution in [0, 0.1) is 0 Å². The Morgan fingerprint density at radius 3 is 1.60 bits per heavy atom. The van der Waals surface area contributed by atoms with Crippen molar-refractivity contribution in [2.24, 2.45) is 0 Å². The van der Waals surface area contributed by atoms with Crippen molar-refractivity contribution in [2.45, 2.75) is 0 Å². The minimum atomic E-state index is -0.918. The van der Waals surface area contributed by atoms with E-state index < -0.39 is 173 Å². The van der Waals surface area contributed by atoms with Gasteiger partial charge in [0.25, 0.3) is 0 Å². The lowest BCUT2D eigenvalue weighted by Crippen LogP contribution is -2.10. The second-order valence-electron chi connectivity index (χ2n) is 10.4. The molecule has 226 valence electrons.